The third kappa shape index (κ3) is 19.5. The second kappa shape index (κ2) is 38.8. The summed E-state index contributed by atoms with van der Waals surface area (Å²) in [6.45, 7) is 7.91. The molecule has 670 valence electrons. The Kier molecular flexibility index (Phi) is 26.1. The number of pyridine rings is 2. The zero-order valence-corrected chi connectivity index (χ0v) is 70.9. The van der Waals surface area contributed by atoms with E-state index in [1.165, 1.54) is 25.7 Å². The number of terminal acetylenes is 3. The minimum atomic E-state index is -1.19. The Morgan fingerprint density at radius 2 is 0.695 bits per heavy atom. The molecule has 0 spiro atoms. The van der Waals surface area contributed by atoms with Gasteiger partial charge in [-0.1, -0.05) is 25.2 Å². The fourth-order valence-corrected chi connectivity index (χ4v) is 17.4. The highest BCUT2D eigenvalue weighted by Gasteiger charge is 2.41. The highest BCUT2D eigenvalue weighted by molar-refractivity contribution is 6.08. The van der Waals surface area contributed by atoms with Gasteiger partial charge in [0, 0.05) is 126 Å². The van der Waals surface area contributed by atoms with Gasteiger partial charge >= 0.3 is 0 Å². The zero-order chi connectivity index (χ0) is 91.7. The van der Waals surface area contributed by atoms with Crippen molar-refractivity contribution < 1.29 is 37.1 Å². The Hall–Kier alpha value is -16.4. The molecule has 6 aliphatic rings. The molecule has 20 N–H and O–H groups in total. The first-order valence-electron chi connectivity index (χ1n) is 42.3. The maximum Gasteiger partial charge on any atom is 0.271 e. The summed E-state index contributed by atoms with van der Waals surface area (Å²) >= 11 is 0. The Morgan fingerprint density at radius 1 is 0.366 bits per heavy atom. The van der Waals surface area contributed by atoms with Gasteiger partial charge < -0.3 is 99.8 Å². The van der Waals surface area contributed by atoms with Crippen LogP contribution in [0.1, 0.15) is 133 Å². The molecular weight excluding hydrogens is 1680 g/mol. The molecule has 6 fully saturated rings. The minimum absolute atomic E-state index is 0.00105. The van der Waals surface area contributed by atoms with E-state index in [2.05, 4.69) is 162 Å². The first-order chi connectivity index (χ1) is 63.4. The summed E-state index contributed by atoms with van der Waals surface area (Å²) in [6.07, 6.45) is 31.7. The lowest BCUT2D eigenvalue weighted by molar-refractivity contribution is 0.0987. The minimum Gasteiger partial charge on any atom is -0.379 e. The average molecular weight is 1780 g/mol. The van der Waals surface area contributed by atoms with Crippen molar-refractivity contribution >= 4 is 136 Å². The number of carbonyl (C=O) groups is 5. The molecule has 2 bridgehead atoms. The summed E-state index contributed by atoms with van der Waals surface area (Å²) in [5, 5.41) is 75.8. The Bertz CT molecular complexity index is 6240. The predicted octanol–water partition coefficient (Wildman–Crippen LogP) is 6.92. The molecule has 131 heavy (non-hydrogen) atoms. The summed E-state index contributed by atoms with van der Waals surface area (Å²) in [4.78, 5) is 89.8. The number of H-pyrrole nitrogens is 5. The quantitative estimate of drug-likeness (QED) is 0.0365. The van der Waals surface area contributed by atoms with Crippen LogP contribution in [0.25, 0.3) is 55.2 Å². The van der Waals surface area contributed by atoms with Gasteiger partial charge in [0.05, 0.1) is 71.9 Å². The van der Waals surface area contributed by atoms with E-state index in [9.17, 15) is 37.1 Å². The highest BCUT2D eigenvalue weighted by Crippen LogP contribution is 2.46. The number of primary amides is 5. The lowest BCUT2D eigenvalue weighted by Gasteiger charge is -2.38. The molecule has 14 aromatic rings. The van der Waals surface area contributed by atoms with Crippen molar-refractivity contribution in [3.8, 4) is 37.0 Å². The number of aromatic amines is 5. The van der Waals surface area contributed by atoms with Crippen LogP contribution < -0.4 is 74.9 Å². The van der Waals surface area contributed by atoms with Crippen LogP contribution >= 0.6 is 0 Å². The number of piperidine rings is 4. The smallest absolute Gasteiger partial charge is 0.271 e. The fraction of sp³-hybridized carbons (Fsp3) is 0.330. The maximum atomic E-state index is 14.9. The maximum absolute atomic E-state index is 14.9. The molecule has 5 amide bonds. The number of hydrogen-bond donors (Lipinski definition) is 15. The van der Waals surface area contributed by atoms with Crippen LogP contribution in [0.4, 0.5) is 64.9 Å². The van der Waals surface area contributed by atoms with Crippen molar-refractivity contribution in [2.45, 2.75) is 114 Å². The Morgan fingerprint density at radius 3 is 0.977 bits per heavy atom. The number of nitrogens with one attached hydrogen (secondary N) is 10. The van der Waals surface area contributed by atoms with Crippen molar-refractivity contribution in [2.75, 3.05) is 98.5 Å². The molecule has 14 aromatic heterocycles. The van der Waals surface area contributed by atoms with Crippen molar-refractivity contribution in [1.82, 2.24) is 106 Å². The summed E-state index contributed by atoms with van der Waals surface area (Å²) in [5.41, 5.74) is 35.6. The van der Waals surface area contributed by atoms with Crippen LogP contribution in [0.2, 0.25) is 0 Å². The largest absolute Gasteiger partial charge is 0.379 e. The molecule has 2 saturated carbocycles. The summed E-state index contributed by atoms with van der Waals surface area (Å²) in [5.74, 6) is 8.85. The zero-order valence-electron chi connectivity index (χ0n) is 70.9. The number of halogens is 3. The number of hydrogen-bond acceptors (Lipinski definition) is 30. The van der Waals surface area contributed by atoms with Gasteiger partial charge in [0.25, 0.3) is 29.5 Å². The number of aryl methyl sites for hydroxylation is 1. The van der Waals surface area contributed by atoms with Crippen molar-refractivity contribution in [3.05, 3.63) is 173 Å². The number of aromatic nitrogens is 21. The van der Waals surface area contributed by atoms with Crippen LogP contribution in [0, 0.1) is 61.7 Å². The average Bonchev–Trinajstić information content (AvgIpc) is 1.62. The van der Waals surface area contributed by atoms with Crippen LogP contribution in [-0.2, 0) is 0 Å². The molecule has 40 nitrogen and oxygen atoms in total. The highest BCUT2D eigenvalue weighted by atomic mass is 19.1. The molecule has 0 aromatic carbocycles. The predicted molar refractivity (Wildman–Crippen MR) is 487 cm³/mol. The van der Waals surface area contributed by atoms with Crippen molar-refractivity contribution in [2.24, 2.45) is 46.4 Å². The summed E-state index contributed by atoms with van der Waals surface area (Å²) in [7, 11) is 0. The van der Waals surface area contributed by atoms with E-state index in [0.717, 1.165) is 53.4 Å². The van der Waals surface area contributed by atoms with E-state index in [-0.39, 0.29) is 60.1 Å². The SMILES string of the molecule is C#Cc1ccc(N2CC[C@@H](Nc3c(C(N)=O)nnc4[nH]ccc34)[C@@H](F)C2)nc1.C#Cc1ccc(N2CC[C@@H](Nc3c(C(N)=O)nnc4[nH]ccc34)[C@H](F)C2)nc1.C#Cc1ccc(N2CC[C@H](Nc3c(C(N)=O)nnc4[nH]ccc34)[C@H](C)C2)nn1.Cc1ccc(N2CC[C@@H](Nc3c(C(N)=O)nnc4[nH]ccc34)[C@@H](F)C2)nn1.NC(=O)c1nnc2[nH]ccc2c1N[C@H]1CC2CCC1C2. The van der Waals surface area contributed by atoms with Gasteiger partial charge in [-0.05, 0) is 154 Å². The molecular formula is C88H92F3N35O5. The van der Waals surface area contributed by atoms with Crippen LogP contribution in [0.15, 0.2) is 122 Å². The Labute approximate surface area is 745 Å². The second-order valence-corrected chi connectivity index (χ2v) is 32.6. The monoisotopic (exact) mass is 1780 g/mol. The number of anilines is 9. The topological polar surface area (TPSA) is 574 Å². The van der Waals surface area contributed by atoms with Gasteiger partial charge in [-0.3, -0.25) is 24.0 Å². The van der Waals surface area contributed by atoms with Crippen LogP contribution in [0.3, 0.4) is 0 Å². The molecule has 4 aliphatic heterocycles. The van der Waals surface area contributed by atoms with Gasteiger partial charge in [0.15, 0.2) is 68.3 Å². The van der Waals surface area contributed by atoms with Gasteiger partial charge in [0.2, 0.25) is 0 Å². The van der Waals surface area contributed by atoms with E-state index < -0.39 is 66.2 Å². The van der Waals surface area contributed by atoms with Gasteiger partial charge in [-0.2, -0.15) is 5.10 Å². The second-order valence-electron chi connectivity index (χ2n) is 32.6. The molecule has 0 radical (unpaired) electrons. The lowest BCUT2D eigenvalue weighted by atomic mass is 9.93. The summed E-state index contributed by atoms with van der Waals surface area (Å²) in [6, 6.07) is 22.6. The molecule has 43 heteroatoms. The molecule has 11 atom stereocenters. The normalized spacial score (nSPS) is 20.8. The van der Waals surface area contributed by atoms with Crippen molar-refractivity contribution in [3.63, 3.8) is 0 Å². The number of rotatable bonds is 19. The Balaban J connectivity index is 0.000000120. The van der Waals surface area contributed by atoms with E-state index >= 15 is 0 Å². The standard InChI is InChI=1S/2C19H18FN7O.C19H20N8O.C17H19FN8O.C14H17N5O/c2*1-2-11-3-4-15(23-9-11)27-8-6-14(13(20)10-27)24-16-12-5-7-22-19(12)26-25-17(16)18(21)28;1-3-12-4-5-15(24-23-12)27-9-7-14(11(2)10-27)22-16-13-6-8-21-19(13)26-25-17(16)18(20)28;1-9-2-3-13(23-22-9)26-7-5-12(11(18)8-26)21-14-10-4-6-20-17(10)25-24-15(14)16(19)27;15-13(20)12-11(9-3-4-16-14(9)19-18-12)17-10-6-7-1-2-8(10)5-7/h2*1,3-5,7,9,13-14H,6,8,10H2,(H2,21,28)(H2,22,24,26);1,4-6,8,11,14H,7,9-10H2,2H3,(H2,20,28)(H2,21,22,26);2-4,6,11-12H,5,7-8H2,1H3,(H2,19,27)(H2,20,21,25);3-4,7-8,10H,1-2,5-6H2,(H2,15,20)(H2,16,17,19)/t13-,14+;13-,14-;11-,14+;11-,12+;7?,8?,10-/m01100/s1. The van der Waals surface area contributed by atoms with Gasteiger partial charge in [0.1, 0.15) is 35.8 Å². The summed E-state index contributed by atoms with van der Waals surface area (Å²) < 4.78 is 44.8. The van der Waals surface area contributed by atoms with Gasteiger partial charge in [-0.25, -0.2) is 23.1 Å². The molecule has 2 unspecified atom stereocenters. The molecule has 18 heterocycles. The van der Waals surface area contributed by atoms with Crippen LogP contribution in [-0.4, -0.2) is 237 Å². The number of nitrogens with two attached hydrogens (primary N) is 5. The number of alkyl halides is 3. The van der Waals surface area contributed by atoms with Crippen molar-refractivity contribution in [1.29, 1.82) is 0 Å². The van der Waals surface area contributed by atoms with Crippen LogP contribution in [0.5, 0.6) is 0 Å². The number of nitrogens with zero attached hydrogens (tertiary/aromatic N) is 20. The number of amides is 5. The third-order valence-corrected chi connectivity index (χ3v) is 24.2. The van der Waals surface area contributed by atoms with Gasteiger partial charge in [-0.15, -0.1) is 85.6 Å². The van der Waals surface area contributed by atoms with E-state index in [1.54, 1.807) is 91.9 Å². The van der Waals surface area contributed by atoms with E-state index in [4.69, 9.17) is 47.9 Å². The number of carbonyl (C=O) groups excluding carboxylic acids is 5. The number of fused-ring (bicyclic) bond motifs is 7. The third-order valence-electron chi connectivity index (χ3n) is 24.2. The first-order valence-corrected chi connectivity index (χ1v) is 42.3. The first kappa shape index (κ1) is 88.0. The molecule has 2 aliphatic carbocycles. The van der Waals surface area contributed by atoms with E-state index in [0.29, 0.717) is 152 Å². The molecule has 20 rings (SSSR count). The lowest BCUT2D eigenvalue weighted by Crippen LogP contribution is -2.48. The fourth-order valence-electron chi connectivity index (χ4n) is 17.4. The molecule has 4 saturated heterocycles. The van der Waals surface area contributed by atoms with E-state index in [1.807, 2.05) is 52.0 Å².